The summed E-state index contributed by atoms with van der Waals surface area (Å²) in [5, 5.41) is 13.6. The van der Waals surface area contributed by atoms with Crippen LogP contribution in [0.3, 0.4) is 0 Å². The van der Waals surface area contributed by atoms with Gasteiger partial charge in [-0.3, -0.25) is 4.79 Å². The Bertz CT molecular complexity index is 1100. The van der Waals surface area contributed by atoms with E-state index in [0.717, 1.165) is 28.8 Å². The molecule has 1 fully saturated rings. The smallest absolute Gasteiger partial charge is 0.257 e. The molecule has 0 spiro atoms. The van der Waals surface area contributed by atoms with Gasteiger partial charge in [0.1, 0.15) is 13.1 Å². The van der Waals surface area contributed by atoms with Gasteiger partial charge < -0.3 is 9.88 Å². The van der Waals surface area contributed by atoms with Crippen molar-refractivity contribution in [3.63, 3.8) is 0 Å². The van der Waals surface area contributed by atoms with Crippen molar-refractivity contribution in [3.05, 3.63) is 51.1 Å². The van der Waals surface area contributed by atoms with E-state index < -0.39 is 0 Å². The summed E-state index contributed by atoms with van der Waals surface area (Å²) in [6, 6.07) is 6.83. The number of H-pyrrole nitrogens is 1. The van der Waals surface area contributed by atoms with Crippen molar-refractivity contribution in [1.29, 1.82) is 0 Å². The first-order valence-corrected chi connectivity index (χ1v) is 11.0. The van der Waals surface area contributed by atoms with Gasteiger partial charge in [-0.05, 0) is 105 Å². The molecular weight excluding hydrogens is 376 g/mol. The zero-order chi connectivity index (χ0) is 21.5. The standard InChI is InChI=1S/C23H32N6O/c1-15-10-17-12-18(22(30)24-20(17)11-16(15)2)13-28(19-8-6-7-9-19)14-21-25-26-27-29(21)23(3,4)5/h10-12,19H,6-9,13-14H2,1-5H3,(H,24,30)/p+1. The molecule has 1 unspecified atom stereocenters. The lowest BCUT2D eigenvalue weighted by atomic mass is 10.0. The largest absolute Gasteiger partial charge is 0.322 e. The number of aromatic amines is 1. The summed E-state index contributed by atoms with van der Waals surface area (Å²) in [6.45, 7) is 11.9. The number of aryl methyl sites for hydroxylation is 2. The number of rotatable bonds is 5. The molecule has 1 atom stereocenters. The maximum absolute atomic E-state index is 12.9. The van der Waals surface area contributed by atoms with E-state index in [9.17, 15) is 4.79 Å². The maximum atomic E-state index is 12.9. The third-order valence-corrected chi connectivity index (χ3v) is 6.44. The number of nitrogens with one attached hydrogen (secondary N) is 2. The third-order valence-electron chi connectivity index (χ3n) is 6.44. The molecule has 3 aromatic rings. The fourth-order valence-electron chi connectivity index (χ4n) is 4.62. The molecular formula is C23H33N6O+. The molecule has 2 N–H and O–H groups in total. The number of benzene rings is 1. The van der Waals surface area contributed by atoms with Crippen LogP contribution in [0.5, 0.6) is 0 Å². The van der Waals surface area contributed by atoms with E-state index in [0.29, 0.717) is 12.6 Å². The van der Waals surface area contributed by atoms with Crippen LogP contribution in [0, 0.1) is 13.8 Å². The predicted molar refractivity (Wildman–Crippen MR) is 117 cm³/mol. The molecule has 7 heteroatoms. The second kappa shape index (κ2) is 7.95. The van der Waals surface area contributed by atoms with Crippen LogP contribution in [0.4, 0.5) is 0 Å². The average molecular weight is 410 g/mol. The Kier molecular flexibility index (Phi) is 5.49. The Morgan fingerprint density at radius 3 is 2.50 bits per heavy atom. The Morgan fingerprint density at radius 2 is 1.80 bits per heavy atom. The van der Waals surface area contributed by atoms with Crippen LogP contribution in [0.15, 0.2) is 23.0 Å². The van der Waals surface area contributed by atoms with E-state index in [4.69, 9.17) is 0 Å². The van der Waals surface area contributed by atoms with Gasteiger partial charge in [-0.1, -0.05) is 0 Å². The lowest BCUT2D eigenvalue weighted by molar-refractivity contribution is -0.952. The number of tetrazole rings is 1. The van der Waals surface area contributed by atoms with Gasteiger partial charge in [0, 0.05) is 5.52 Å². The number of aromatic nitrogens is 5. The molecule has 30 heavy (non-hydrogen) atoms. The molecule has 7 nitrogen and oxygen atoms in total. The Labute approximate surface area is 177 Å². The van der Waals surface area contributed by atoms with Crippen LogP contribution >= 0.6 is 0 Å². The molecule has 0 radical (unpaired) electrons. The van der Waals surface area contributed by atoms with Crippen LogP contribution < -0.4 is 10.5 Å². The Balaban J connectivity index is 1.68. The van der Waals surface area contributed by atoms with Crippen molar-refractivity contribution in [2.45, 2.75) is 85.0 Å². The molecule has 4 rings (SSSR count). The average Bonchev–Trinajstić information content (AvgIpc) is 3.34. The highest BCUT2D eigenvalue weighted by Crippen LogP contribution is 2.19. The van der Waals surface area contributed by atoms with Crippen molar-refractivity contribution in [2.24, 2.45) is 0 Å². The quantitative estimate of drug-likeness (QED) is 0.678. The van der Waals surface area contributed by atoms with Gasteiger partial charge in [0.2, 0.25) is 5.82 Å². The van der Waals surface area contributed by atoms with Gasteiger partial charge in [-0.15, -0.1) is 5.10 Å². The third kappa shape index (κ3) is 4.17. The van der Waals surface area contributed by atoms with Gasteiger partial charge in [-0.25, -0.2) is 4.68 Å². The lowest BCUT2D eigenvalue weighted by Crippen LogP contribution is -3.13. The molecule has 1 aliphatic carbocycles. The highest BCUT2D eigenvalue weighted by molar-refractivity contribution is 5.80. The minimum atomic E-state index is -0.171. The summed E-state index contributed by atoms with van der Waals surface area (Å²) < 4.78 is 1.92. The molecule has 2 heterocycles. The first-order chi connectivity index (χ1) is 14.2. The van der Waals surface area contributed by atoms with Crippen molar-refractivity contribution in [1.82, 2.24) is 25.2 Å². The first-order valence-electron chi connectivity index (χ1n) is 11.0. The summed E-state index contributed by atoms with van der Waals surface area (Å²) >= 11 is 0. The molecule has 1 aliphatic rings. The number of hydrogen-bond donors (Lipinski definition) is 2. The molecule has 1 saturated carbocycles. The highest BCUT2D eigenvalue weighted by Gasteiger charge is 2.30. The van der Waals surface area contributed by atoms with Crippen LogP contribution in [-0.4, -0.2) is 31.2 Å². The fraction of sp³-hybridized carbons (Fsp3) is 0.565. The van der Waals surface area contributed by atoms with Crippen molar-refractivity contribution in [3.8, 4) is 0 Å². The van der Waals surface area contributed by atoms with Crippen molar-refractivity contribution >= 4 is 10.9 Å². The van der Waals surface area contributed by atoms with Gasteiger partial charge in [0.25, 0.3) is 5.56 Å². The predicted octanol–water partition coefficient (Wildman–Crippen LogP) is 2.41. The van der Waals surface area contributed by atoms with E-state index in [-0.39, 0.29) is 11.1 Å². The van der Waals surface area contributed by atoms with Gasteiger partial charge >= 0.3 is 0 Å². The summed E-state index contributed by atoms with van der Waals surface area (Å²) in [7, 11) is 0. The summed E-state index contributed by atoms with van der Waals surface area (Å²) in [5.41, 5.74) is 4.02. The van der Waals surface area contributed by atoms with E-state index in [1.54, 1.807) is 0 Å². The van der Waals surface area contributed by atoms with Gasteiger partial charge in [0.05, 0.1) is 17.1 Å². The van der Waals surface area contributed by atoms with Gasteiger partial charge in [-0.2, -0.15) is 0 Å². The van der Waals surface area contributed by atoms with E-state index in [2.05, 4.69) is 73.3 Å². The molecule has 0 aliphatic heterocycles. The fourth-order valence-corrected chi connectivity index (χ4v) is 4.62. The maximum Gasteiger partial charge on any atom is 0.257 e. The highest BCUT2D eigenvalue weighted by atomic mass is 16.1. The molecule has 160 valence electrons. The topological polar surface area (TPSA) is 80.9 Å². The molecule has 0 saturated heterocycles. The van der Waals surface area contributed by atoms with Crippen LogP contribution in [0.2, 0.25) is 0 Å². The molecule has 0 bridgehead atoms. The van der Waals surface area contributed by atoms with Crippen molar-refractivity contribution in [2.75, 3.05) is 0 Å². The number of fused-ring (bicyclic) bond motifs is 1. The van der Waals surface area contributed by atoms with Gasteiger partial charge in [0.15, 0.2) is 0 Å². The van der Waals surface area contributed by atoms with Crippen LogP contribution in [0.1, 0.15) is 69.0 Å². The number of nitrogens with zero attached hydrogens (tertiary/aromatic N) is 4. The van der Waals surface area contributed by atoms with E-state index >= 15 is 0 Å². The SMILES string of the molecule is Cc1cc2cc(C[NH+](Cc3nnnn3C(C)(C)C)C3CCCC3)c(=O)[nH]c2cc1C. The Hall–Kier alpha value is -2.54. The minimum absolute atomic E-state index is 0.0108. The zero-order valence-corrected chi connectivity index (χ0v) is 18.7. The molecule has 1 aromatic carbocycles. The second-order valence-electron chi connectivity index (χ2n) is 9.82. The molecule has 0 amide bonds. The lowest BCUT2D eigenvalue weighted by Gasteiger charge is -2.27. The van der Waals surface area contributed by atoms with Crippen molar-refractivity contribution < 1.29 is 4.90 Å². The van der Waals surface area contributed by atoms with Crippen LogP contribution in [0.25, 0.3) is 10.9 Å². The summed E-state index contributed by atoms with van der Waals surface area (Å²) in [4.78, 5) is 17.4. The zero-order valence-electron chi connectivity index (χ0n) is 18.7. The minimum Gasteiger partial charge on any atom is -0.322 e. The van der Waals surface area contributed by atoms with E-state index in [1.165, 1.54) is 41.7 Å². The second-order valence-corrected chi connectivity index (χ2v) is 9.82. The first kappa shape index (κ1) is 20.7. The summed E-state index contributed by atoms with van der Waals surface area (Å²) in [6.07, 6.45) is 4.89. The number of pyridine rings is 1. The summed E-state index contributed by atoms with van der Waals surface area (Å²) in [5.74, 6) is 0.882. The monoisotopic (exact) mass is 409 g/mol. The normalized spacial score (nSPS) is 16.4. The number of quaternary nitrogens is 1. The van der Waals surface area contributed by atoms with E-state index in [1.807, 2.05) is 4.68 Å². The number of hydrogen-bond acceptors (Lipinski definition) is 4. The Morgan fingerprint density at radius 1 is 1.10 bits per heavy atom. The van der Waals surface area contributed by atoms with Crippen LogP contribution in [-0.2, 0) is 18.6 Å². The molecule has 2 aromatic heterocycles.